The molecule has 1 amide bonds. The third-order valence-electron chi connectivity index (χ3n) is 2.46. The molecule has 0 aliphatic rings. The first kappa shape index (κ1) is 15.6. The van der Waals surface area contributed by atoms with Gasteiger partial charge in [0, 0.05) is 18.4 Å². The SMILES string of the molecule is COCCOCC(=O)Nc1cc(C(N)=S)ccc1C. The lowest BCUT2D eigenvalue weighted by molar-refractivity contribution is -0.121. The monoisotopic (exact) mass is 282 g/mol. The zero-order valence-electron chi connectivity index (χ0n) is 11.1. The lowest BCUT2D eigenvalue weighted by Crippen LogP contribution is -2.20. The Labute approximate surface area is 118 Å². The van der Waals surface area contributed by atoms with E-state index >= 15 is 0 Å². The Balaban J connectivity index is 2.58. The van der Waals surface area contributed by atoms with Crippen molar-refractivity contribution >= 4 is 28.8 Å². The molecule has 0 atom stereocenters. The van der Waals surface area contributed by atoms with Crippen LogP contribution in [0.5, 0.6) is 0 Å². The molecule has 0 radical (unpaired) electrons. The summed E-state index contributed by atoms with van der Waals surface area (Å²) in [6.07, 6.45) is 0. The van der Waals surface area contributed by atoms with Gasteiger partial charge in [-0.2, -0.15) is 0 Å². The number of carbonyl (C=O) groups excluding carboxylic acids is 1. The largest absolute Gasteiger partial charge is 0.389 e. The van der Waals surface area contributed by atoms with Gasteiger partial charge in [0.25, 0.3) is 0 Å². The highest BCUT2D eigenvalue weighted by molar-refractivity contribution is 7.80. The number of carbonyl (C=O) groups is 1. The Hall–Kier alpha value is -1.50. The third kappa shape index (κ3) is 5.34. The summed E-state index contributed by atoms with van der Waals surface area (Å²) in [6, 6.07) is 5.43. The number of amides is 1. The van der Waals surface area contributed by atoms with Gasteiger partial charge < -0.3 is 20.5 Å². The molecule has 1 rings (SSSR count). The molecule has 0 unspecified atom stereocenters. The van der Waals surface area contributed by atoms with Crippen LogP contribution in [0.4, 0.5) is 5.69 Å². The van der Waals surface area contributed by atoms with Crippen LogP contribution in [0, 0.1) is 6.92 Å². The fourth-order valence-corrected chi connectivity index (χ4v) is 1.53. The molecule has 0 bridgehead atoms. The molecule has 19 heavy (non-hydrogen) atoms. The second-order valence-corrected chi connectivity index (χ2v) is 4.43. The van der Waals surface area contributed by atoms with Crippen molar-refractivity contribution < 1.29 is 14.3 Å². The van der Waals surface area contributed by atoms with Crippen LogP contribution < -0.4 is 11.1 Å². The molecular weight excluding hydrogens is 264 g/mol. The fourth-order valence-electron chi connectivity index (χ4n) is 1.40. The van der Waals surface area contributed by atoms with Crippen molar-refractivity contribution in [3.8, 4) is 0 Å². The van der Waals surface area contributed by atoms with Crippen LogP contribution in [0.2, 0.25) is 0 Å². The molecule has 0 saturated carbocycles. The number of methoxy groups -OCH3 is 1. The van der Waals surface area contributed by atoms with Gasteiger partial charge in [-0.05, 0) is 18.6 Å². The van der Waals surface area contributed by atoms with E-state index in [-0.39, 0.29) is 12.5 Å². The van der Waals surface area contributed by atoms with E-state index < -0.39 is 0 Å². The minimum Gasteiger partial charge on any atom is -0.389 e. The number of thiocarbonyl (C=S) groups is 1. The van der Waals surface area contributed by atoms with Gasteiger partial charge in [-0.15, -0.1) is 0 Å². The lowest BCUT2D eigenvalue weighted by Gasteiger charge is -2.10. The number of anilines is 1. The summed E-state index contributed by atoms with van der Waals surface area (Å²) in [4.78, 5) is 12.0. The summed E-state index contributed by atoms with van der Waals surface area (Å²) in [7, 11) is 1.58. The van der Waals surface area contributed by atoms with Crippen molar-refractivity contribution in [2.45, 2.75) is 6.92 Å². The maximum Gasteiger partial charge on any atom is 0.250 e. The molecule has 6 heteroatoms. The quantitative estimate of drug-likeness (QED) is 0.581. The Bertz CT molecular complexity index is 463. The predicted molar refractivity (Wildman–Crippen MR) is 78.4 cm³/mol. The molecule has 0 spiro atoms. The number of benzene rings is 1. The normalized spacial score (nSPS) is 10.2. The van der Waals surface area contributed by atoms with Crippen LogP contribution in [0.15, 0.2) is 18.2 Å². The van der Waals surface area contributed by atoms with E-state index in [9.17, 15) is 4.79 Å². The minimum atomic E-state index is -0.223. The number of rotatable bonds is 7. The summed E-state index contributed by atoms with van der Waals surface area (Å²) in [5, 5.41) is 2.76. The third-order valence-corrected chi connectivity index (χ3v) is 2.70. The molecule has 0 aromatic heterocycles. The topological polar surface area (TPSA) is 73.6 Å². The summed E-state index contributed by atoms with van der Waals surface area (Å²) in [5.74, 6) is -0.223. The van der Waals surface area contributed by atoms with E-state index in [0.29, 0.717) is 23.9 Å². The van der Waals surface area contributed by atoms with Crippen LogP contribution in [0.1, 0.15) is 11.1 Å². The van der Waals surface area contributed by atoms with Crippen molar-refractivity contribution in [3.63, 3.8) is 0 Å². The first-order valence-corrected chi connectivity index (χ1v) is 6.22. The highest BCUT2D eigenvalue weighted by Crippen LogP contribution is 2.16. The molecule has 0 aliphatic carbocycles. The van der Waals surface area contributed by atoms with Gasteiger partial charge in [-0.25, -0.2) is 0 Å². The van der Waals surface area contributed by atoms with Crippen LogP contribution in [-0.2, 0) is 14.3 Å². The van der Waals surface area contributed by atoms with Gasteiger partial charge >= 0.3 is 0 Å². The van der Waals surface area contributed by atoms with Crippen LogP contribution in [0.25, 0.3) is 0 Å². The second-order valence-electron chi connectivity index (χ2n) is 3.99. The molecule has 1 aromatic carbocycles. The average Bonchev–Trinajstić information content (AvgIpc) is 2.37. The van der Waals surface area contributed by atoms with Crippen LogP contribution >= 0.6 is 12.2 Å². The zero-order valence-corrected chi connectivity index (χ0v) is 11.9. The average molecular weight is 282 g/mol. The van der Waals surface area contributed by atoms with E-state index in [0.717, 1.165) is 11.1 Å². The van der Waals surface area contributed by atoms with E-state index in [1.165, 1.54) is 0 Å². The van der Waals surface area contributed by atoms with Crippen molar-refractivity contribution in [1.82, 2.24) is 0 Å². The Morgan fingerprint density at radius 3 is 2.79 bits per heavy atom. The number of aryl methyl sites for hydroxylation is 1. The lowest BCUT2D eigenvalue weighted by atomic mass is 10.1. The second kappa shape index (κ2) is 7.83. The van der Waals surface area contributed by atoms with Gasteiger partial charge in [0.1, 0.15) is 11.6 Å². The van der Waals surface area contributed by atoms with E-state index in [4.69, 9.17) is 27.4 Å². The maximum absolute atomic E-state index is 11.7. The predicted octanol–water partition coefficient (Wildman–Crippen LogP) is 1.23. The Kier molecular flexibility index (Phi) is 6.41. The van der Waals surface area contributed by atoms with E-state index in [1.807, 2.05) is 19.1 Å². The zero-order chi connectivity index (χ0) is 14.3. The van der Waals surface area contributed by atoms with Gasteiger partial charge in [0.05, 0.1) is 13.2 Å². The van der Waals surface area contributed by atoms with E-state index in [2.05, 4.69) is 5.32 Å². The minimum absolute atomic E-state index is 0.0138. The van der Waals surface area contributed by atoms with Gasteiger partial charge in [0.15, 0.2) is 0 Å². The molecule has 0 saturated heterocycles. The molecular formula is C13H18N2O3S. The van der Waals surface area contributed by atoms with Crippen LogP contribution in [-0.4, -0.2) is 37.8 Å². The first-order valence-electron chi connectivity index (χ1n) is 5.81. The van der Waals surface area contributed by atoms with Crippen molar-refractivity contribution in [3.05, 3.63) is 29.3 Å². The summed E-state index contributed by atoms with van der Waals surface area (Å²) in [6.45, 7) is 2.73. The molecule has 5 nitrogen and oxygen atoms in total. The molecule has 0 aliphatic heterocycles. The van der Waals surface area contributed by atoms with Crippen molar-refractivity contribution in [1.29, 1.82) is 0 Å². The van der Waals surface area contributed by atoms with Gasteiger partial charge in [0.2, 0.25) is 5.91 Å². The highest BCUT2D eigenvalue weighted by atomic mass is 32.1. The smallest absolute Gasteiger partial charge is 0.250 e. The highest BCUT2D eigenvalue weighted by Gasteiger charge is 2.07. The fraction of sp³-hybridized carbons (Fsp3) is 0.385. The number of ether oxygens (including phenoxy) is 2. The first-order chi connectivity index (χ1) is 9.04. The number of nitrogens with two attached hydrogens (primary N) is 1. The van der Waals surface area contributed by atoms with Gasteiger partial charge in [-0.1, -0.05) is 24.4 Å². The maximum atomic E-state index is 11.7. The number of hydrogen-bond acceptors (Lipinski definition) is 4. The molecule has 0 fully saturated rings. The number of hydrogen-bond donors (Lipinski definition) is 2. The van der Waals surface area contributed by atoms with Crippen molar-refractivity contribution in [2.75, 3.05) is 32.2 Å². The standard InChI is InChI=1S/C13H18N2O3S/c1-9-3-4-10(13(14)19)7-11(9)15-12(16)8-18-6-5-17-2/h3-4,7H,5-6,8H2,1-2H3,(H2,14,19)(H,15,16). The van der Waals surface area contributed by atoms with Gasteiger partial charge in [-0.3, -0.25) is 4.79 Å². The molecule has 3 N–H and O–H groups in total. The molecule has 104 valence electrons. The van der Waals surface area contributed by atoms with Crippen LogP contribution in [0.3, 0.4) is 0 Å². The Morgan fingerprint density at radius 1 is 1.42 bits per heavy atom. The molecule has 1 aromatic rings. The summed E-state index contributed by atoms with van der Waals surface area (Å²) in [5.41, 5.74) is 7.90. The summed E-state index contributed by atoms with van der Waals surface area (Å²) < 4.78 is 9.96. The molecule has 0 heterocycles. The van der Waals surface area contributed by atoms with Crippen molar-refractivity contribution in [2.24, 2.45) is 5.73 Å². The summed E-state index contributed by atoms with van der Waals surface area (Å²) >= 11 is 4.90. The Morgan fingerprint density at radius 2 is 2.16 bits per heavy atom. The number of nitrogens with one attached hydrogen (secondary N) is 1. The van der Waals surface area contributed by atoms with E-state index in [1.54, 1.807) is 13.2 Å².